The second-order valence-corrected chi connectivity index (χ2v) is 14.8. The van der Waals surface area contributed by atoms with Gasteiger partial charge in [0.15, 0.2) is 5.82 Å². The summed E-state index contributed by atoms with van der Waals surface area (Å²) in [5, 5.41) is 8.32. The van der Waals surface area contributed by atoms with Gasteiger partial charge in [-0.1, -0.05) is 140 Å². The van der Waals surface area contributed by atoms with Gasteiger partial charge in [0.25, 0.3) is 0 Å². The minimum absolute atomic E-state index is 0.573. The Hall–Kier alpha value is -7.57. The molecule has 0 saturated carbocycles. The molecule has 0 radical (unpaired) electrons. The van der Waals surface area contributed by atoms with Crippen molar-refractivity contribution in [2.24, 2.45) is 0 Å². The number of aromatic nitrogens is 6. The van der Waals surface area contributed by atoms with Gasteiger partial charge in [-0.2, -0.15) is 15.0 Å². The van der Waals surface area contributed by atoms with Crippen LogP contribution >= 0.6 is 0 Å². The van der Waals surface area contributed by atoms with Crippen LogP contribution in [0.4, 0.5) is 0 Å². The van der Waals surface area contributed by atoms with Crippen LogP contribution in [0.25, 0.3) is 107 Å². The molecule has 0 unspecified atom stereocenters. The normalized spacial score (nSPS) is 12.7. The SMILES string of the molecule is C1=c2c(n(-c3nc(-c4ccc(-c5ccccc5)cc4)nc(-n4c5ccccc5c5cc(-n6c7ccccc7c7ccccc76)ccc54)n3)c3ccccc23)=CCC1. The van der Waals surface area contributed by atoms with Crippen LogP contribution in [0.15, 0.2) is 170 Å². The lowest BCUT2D eigenvalue weighted by Crippen LogP contribution is -2.31. The highest BCUT2D eigenvalue weighted by molar-refractivity contribution is 6.12. The number of hydrogen-bond donors (Lipinski definition) is 0. The van der Waals surface area contributed by atoms with E-state index < -0.39 is 0 Å². The highest BCUT2D eigenvalue weighted by Crippen LogP contribution is 2.37. The van der Waals surface area contributed by atoms with Gasteiger partial charge in [-0.15, -0.1) is 0 Å². The fourth-order valence-electron chi connectivity index (χ4n) is 9.01. The van der Waals surface area contributed by atoms with Crippen molar-refractivity contribution in [1.29, 1.82) is 0 Å². The zero-order valence-electron chi connectivity index (χ0n) is 30.9. The van der Waals surface area contributed by atoms with E-state index in [1.807, 2.05) is 6.07 Å². The lowest BCUT2D eigenvalue weighted by Gasteiger charge is -2.13. The standard InChI is InChI=1S/C51H34N6/c1-2-14-33(15-3-1)34-26-28-35(29-27-34)49-52-50(56-45-23-11-6-18-39(45)40-19-7-12-24-46(40)56)54-51(53-49)57-47-25-13-8-20-41(47)42-32-36(30-31-48(42)57)55-43-21-9-4-16-37(43)38-17-5-10-22-44(38)55/h1-6,8-11,13-32H,7,12H2. The lowest BCUT2D eigenvalue weighted by atomic mass is 10.0. The van der Waals surface area contributed by atoms with Crippen molar-refractivity contribution in [1.82, 2.24) is 28.7 Å². The van der Waals surface area contributed by atoms with Gasteiger partial charge in [0.05, 0.1) is 32.9 Å². The highest BCUT2D eigenvalue weighted by Gasteiger charge is 2.21. The van der Waals surface area contributed by atoms with Crippen LogP contribution < -0.4 is 10.6 Å². The molecule has 57 heavy (non-hydrogen) atoms. The molecule has 4 aromatic heterocycles. The van der Waals surface area contributed by atoms with Gasteiger partial charge in [-0.3, -0.25) is 9.13 Å². The Balaban J connectivity index is 1.12. The maximum absolute atomic E-state index is 5.39. The van der Waals surface area contributed by atoms with E-state index in [2.05, 4.69) is 190 Å². The molecule has 0 bridgehead atoms. The topological polar surface area (TPSA) is 53.5 Å². The molecule has 4 heterocycles. The van der Waals surface area contributed by atoms with E-state index in [0.29, 0.717) is 17.7 Å². The molecule has 0 saturated heterocycles. The first kappa shape index (κ1) is 31.7. The van der Waals surface area contributed by atoms with Crippen LogP contribution in [-0.2, 0) is 0 Å². The quantitative estimate of drug-likeness (QED) is 0.177. The second-order valence-electron chi connectivity index (χ2n) is 14.8. The largest absolute Gasteiger partial charge is 0.309 e. The van der Waals surface area contributed by atoms with E-state index in [9.17, 15) is 0 Å². The van der Waals surface area contributed by atoms with Gasteiger partial charge >= 0.3 is 0 Å². The molecule has 11 aromatic rings. The van der Waals surface area contributed by atoms with Crippen molar-refractivity contribution in [3.05, 3.63) is 180 Å². The summed E-state index contributed by atoms with van der Waals surface area (Å²) < 4.78 is 6.81. The van der Waals surface area contributed by atoms with Crippen molar-refractivity contribution in [2.75, 3.05) is 0 Å². The van der Waals surface area contributed by atoms with Crippen LogP contribution in [0.5, 0.6) is 0 Å². The van der Waals surface area contributed by atoms with E-state index in [1.165, 1.54) is 38.0 Å². The van der Waals surface area contributed by atoms with E-state index in [-0.39, 0.29) is 0 Å². The molecule has 0 amide bonds. The maximum atomic E-state index is 5.39. The monoisotopic (exact) mass is 730 g/mol. The summed E-state index contributed by atoms with van der Waals surface area (Å²) in [4.78, 5) is 16.0. The minimum atomic E-state index is 0.573. The minimum Gasteiger partial charge on any atom is -0.309 e. The van der Waals surface area contributed by atoms with Crippen LogP contribution in [0.3, 0.4) is 0 Å². The summed E-state index contributed by atoms with van der Waals surface area (Å²) in [6, 6.07) is 60.3. The Bertz CT molecular complexity index is 3460. The Kier molecular flexibility index (Phi) is 6.95. The summed E-state index contributed by atoms with van der Waals surface area (Å²) in [6.45, 7) is 0. The highest BCUT2D eigenvalue weighted by atomic mass is 15.3. The average molecular weight is 731 g/mol. The van der Waals surface area contributed by atoms with E-state index in [1.54, 1.807) is 0 Å². The molecule has 6 heteroatoms. The van der Waals surface area contributed by atoms with Crippen molar-refractivity contribution in [2.45, 2.75) is 12.8 Å². The van der Waals surface area contributed by atoms with Crippen molar-refractivity contribution in [3.63, 3.8) is 0 Å². The molecule has 0 spiro atoms. The summed E-state index contributed by atoms with van der Waals surface area (Å²) in [5.74, 6) is 1.79. The lowest BCUT2D eigenvalue weighted by molar-refractivity contribution is 0.863. The molecule has 12 rings (SSSR count). The Morgan fingerprint density at radius 3 is 1.53 bits per heavy atom. The Labute approximate surface area is 327 Å². The smallest absolute Gasteiger partial charge is 0.240 e. The maximum Gasteiger partial charge on any atom is 0.240 e. The van der Waals surface area contributed by atoms with Gasteiger partial charge in [0.1, 0.15) is 0 Å². The van der Waals surface area contributed by atoms with Gasteiger partial charge in [-0.25, -0.2) is 0 Å². The summed E-state index contributed by atoms with van der Waals surface area (Å²) in [6.07, 6.45) is 6.65. The summed E-state index contributed by atoms with van der Waals surface area (Å²) in [7, 11) is 0. The van der Waals surface area contributed by atoms with Crippen LogP contribution in [0.1, 0.15) is 12.8 Å². The molecule has 7 aromatic carbocycles. The second kappa shape index (κ2) is 12.5. The molecule has 268 valence electrons. The molecule has 0 aliphatic heterocycles. The zero-order valence-corrected chi connectivity index (χ0v) is 30.9. The van der Waals surface area contributed by atoms with E-state index in [4.69, 9.17) is 15.0 Å². The van der Waals surface area contributed by atoms with Gasteiger partial charge < -0.3 is 4.57 Å². The predicted octanol–water partition coefficient (Wildman–Crippen LogP) is 10.7. The average Bonchev–Trinajstić information content (AvgIpc) is 3.92. The first-order valence-corrected chi connectivity index (χ1v) is 19.5. The molecule has 1 aliphatic carbocycles. The Morgan fingerprint density at radius 1 is 0.351 bits per heavy atom. The molecule has 0 N–H and O–H groups in total. The van der Waals surface area contributed by atoms with E-state index >= 15 is 0 Å². The first-order valence-electron chi connectivity index (χ1n) is 19.5. The van der Waals surface area contributed by atoms with Crippen molar-refractivity contribution >= 4 is 66.7 Å². The Morgan fingerprint density at radius 2 is 0.842 bits per heavy atom. The van der Waals surface area contributed by atoms with Crippen LogP contribution in [-0.4, -0.2) is 28.7 Å². The van der Waals surface area contributed by atoms with Gasteiger partial charge in [-0.05, 0) is 66.4 Å². The van der Waals surface area contributed by atoms with E-state index in [0.717, 1.165) is 62.3 Å². The fraction of sp³-hybridized carbons (Fsp3) is 0.0392. The molecule has 0 atom stereocenters. The van der Waals surface area contributed by atoms with Crippen LogP contribution in [0, 0.1) is 0 Å². The number of rotatable bonds is 5. The van der Waals surface area contributed by atoms with Gasteiger partial charge in [0.2, 0.25) is 11.9 Å². The third kappa shape index (κ3) is 4.87. The molecule has 0 fully saturated rings. The predicted molar refractivity (Wildman–Crippen MR) is 234 cm³/mol. The number of hydrogen-bond acceptors (Lipinski definition) is 3. The molecule has 6 nitrogen and oxygen atoms in total. The molecular formula is C51H34N6. The van der Waals surface area contributed by atoms with Crippen LogP contribution in [0.2, 0.25) is 0 Å². The summed E-state index contributed by atoms with van der Waals surface area (Å²) >= 11 is 0. The zero-order chi connectivity index (χ0) is 37.5. The number of para-hydroxylation sites is 4. The third-order valence-corrected chi connectivity index (χ3v) is 11.6. The number of fused-ring (bicyclic) bond motifs is 9. The number of nitrogens with zero attached hydrogens (tertiary/aromatic N) is 6. The van der Waals surface area contributed by atoms with Gasteiger partial charge in [0, 0.05) is 43.4 Å². The van der Waals surface area contributed by atoms with Crippen molar-refractivity contribution < 1.29 is 0 Å². The fourth-order valence-corrected chi connectivity index (χ4v) is 9.01. The van der Waals surface area contributed by atoms with Crippen molar-refractivity contribution in [3.8, 4) is 40.1 Å². The number of benzene rings is 7. The summed E-state index contributed by atoms with van der Waals surface area (Å²) in [5.41, 5.74) is 9.86. The third-order valence-electron chi connectivity index (χ3n) is 11.6. The molecule has 1 aliphatic rings. The first-order chi connectivity index (χ1) is 28.3. The molecular weight excluding hydrogens is 697 g/mol.